The van der Waals surface area contributed by atoms with Crippen LogP contribution in [0.15, 0.2) is 36.4 Å². The second-order valence-corrected chi connectivity index (χ2v) is 9.41. The van der Waals surface area contributed by atoms with Gasteiger partial charge in [-0.2, -0.15) is 0 Å². The summed E-state index contributed by atoms with van der Waals surface area (Å²) in [5, 5.41) is 7.00. The molecule has 4 N–H and O–H groups in total. The van der Waals surface area contributed by atoms with Gasteiger partial charge in [-0.05, 0) is 70.0 Å². The molecule has 0 radical (unpaired) electrons. The lowest BCUT2D eigenvalue weighted by Gasteiger charge is -2.22. The fourth-order valence-corrected chi connectivity index (χ4v) is 2.88. The summed E-state index contributed by atoms with van der Waals surface area (Å²) in [6.07, 6.45) is 0. The number of nitrogens with one attached hydrogen (secondary N) is 1. The van der Waals surface area contributed by atoms with Crippen molar-refractivity contribution in [3.05, 3.63) is 70.8 Å². The maximum absolute atomic E-state index is 13.0. The van der Waals surface area contributed by atoms with Crippen molar-refractivity contribution >= 4 is 23.4 Å². The molecule has 10 heteroatoms. The number of aliphatic hydroxyl groups excluding tert-OH is 1. The SMILES string of the molecule is C.CO.C[C@H](N)c1cc(F)cc(F)c1.C[C@H](N[S@](=O)C(C)(C)C)c1cc(F)cc(F)c1.Cl. The molecule has 0 bridgehead atoms. The van der Waals surface area contributed by atoms with Crippen LogP contribution in [-0.4, -0.2) is 21.2 Å². The van der Waals surface area contributed by atoms with E-state index in [0.717, 1.165) is 19.2 Å². The van der Waals surface area contributed by atoms with E-state index in [1.54, 1.807) is 13.8 Å². The molecule has 0 amide bonds. The summed E-state index contributed by atoms with van der Waals surface area (Å²) in [4.78, 5) is 0. The molecule has 2 aromatic rings. The van der Waals surface area contributed by atoms with Crippen LogP contribution in [0.4, 0.5) is 17.6 Å². The van der Waals surface area contributed by atoms with Crippen molar-refractivity contribution in [3.63, 3.8) is 0 Å². The zero-order chi connectivity index (χ0) is 23.6. The summed E-state index contributed by atoms with van der Waals surface area (Å²) < 4.78 is 65.3. The van der Waals surface area contributed by atoms with Crippen molar-refractivity contribution < 1.29 is 26.9 Å². The van der Waals surface area contributed by atoms with Crippen LogP contribution in [0, 0.1) is 23.3 Å². The Hall–Kier alpha value is -1.52. The monoisotopic (exact) mass is 502 g/mol. The van der Waals surface area contributed by atoms with Gasteiger partial charge in [-0.15, -0.1) is 12.4 Å². The first kappa shape index (κ1) is 35.1. The fraction of sp³-hybridized carbons (Fsp3) is 0.455. The van der Waals surface area contributed by atoms with Crippen LogP contribution in [0.25, 0.3) is 0 Å². The van der Waals surface area contributed by atoms with Crippen molar-refractivity contribution in [3.8, 4) is 0 Å². The van der Waals surface area contributed by atoms with Gasteiger partial charge in [-0.3, -0.25) is 0 Å². The molecule has 0 aromatic heterocycles. The molecule has 0 aliphatic rings. The largest absolute Gasteiger partial charge is 0.400 e. The molecule has 0 spiro atoms. The number of benzene rings is 2. The molecule has 0 aliphatic heterocycles. The van der Waals surface area contributed by atoms with Gasteiger partial charge in [0.15, 0.2) is 0 Å². The lowest BCUT2D eigenvalue weighted by molar-refractivity contribution is 0.399. The van der Waals surface area contributed by atoms with E-state index in [9.17, 15) is 21.8 Å². The highest BCUT2D eigenvalue weighted by molar-refractivity contribution is 7.84. The van der Waals surface area contributed by atoms with Crippen LogP contribution in [0.1, 0.15) is 65.3 Å². The summed E-state index contributed by atoms with van der Waals surface area (Å²) in [6, 6.07) is 5.87. The third-order valence-electron chi connectivity index (χ3n) is 3.64. The average molecular weight is 503 g/mol. The number of rotatable bonds is 4. The molecule has 186 valence electrons. The van der Waals surface area contributed by atoms with Crippen molar-refractivity contribution in [1.29, 1.82) is 0 Å². The Kier molecular flexibility index (Phi) is 17.7. The molecule has 32 heavy (non-hydrogen) atoms. The Balaban J connectivity index is -0.000000490. The maximum atomic E-state index is 13.0. The average Bonchev–Trinajstić information content (AvgIpc) is 2.61. The van der Waals surface area contributed by atoms with Crippen LogP contribution < -0.4 is 10.5 Å². The van der Waals surface area contributed by atoms with Crippen LogP contribution in [0.2, 0.25) is 0 Å². The fourth-order valence-electron chi connectivity index (χ4n) is 2.07. The van der Waals surface area contributed by atoms with Gasteiger partial charge in [-0.1, -0.05) is 7.43 Å². The Bertz CT molecular complexity index is 794. The molecule has 2 aromatic carbocycles. The normalized spacial score (nSPS) is 13.0. The molecule has 0 unspecified atom stereocenters. The van der Waals surface area contributed by atoms with Crippen LogP contribution in [0.5, 0.6) is 0 Å². The second-order valence-electron chi connectivity index (χ2n) is 7.41. The Morgan fingerprint density at radius 3 is 1.44 bits per heavy atom. The van der Waals surface area contributed by atoms with E-state index in [0.29, 0.717) is 11.1 Å². The number of aliphatic hydroxyl groups is 1. The predicted octanol–water partition coefficient (Wildman–Crippen LogP) is 5.73. The van der Waals surface area contributed by atoms with E-state index in [1.807, 2.05) is 20.8 Å². The van der Waals surface area contributed by atoms with E-state index in [1.165, 1.54) is 24.3 Å². The lowest BCUT2D eigenvalue weighted by atomic mass is 10.1. The molecular formula is C22H35ClF4N2O2S. The molecule has 0 saturated carbocycles. The number of nitrogens with two attached hydrogens (primary N) is 1. The third kappa shape index (κ3) is 13.1. The minimum atomic E-state index is -1.28. The summed E-state index contributed by atoms with van der Waals surface area (Å²) in [5.41, 5.74) is 6.34. The molecule has 2 rings (SSSR count). The van der Waals surface area contributed by atoms with Gasteiger partial charge in [-0.25, -0.2) is 26.5 Å². The van der Waals surface area contributed by atoms with Gasteiger partial charge in [0.1, 0.15) is 23.3 Å². The van der Waals surface area contributed by atoms with Gasteiger partial charge >= 0.3 is 0 Å². The summed E-state index contributed by atoms with van der Waals surface area (Å²) in [5.74, 6) is -2.43. The van der Waals surface area contributed by atoms with Crippen LogP contribution in [0.3, 0.4) is 0 Å². The van der Waals surface area contributed by atoms with Crippen molar-refractivity contribution in [2.24, 2.45) is 5.73 Å². The molecule has 0 fully saturated rings. The molecule has 4 nitrogen and oxygen atoms in total. The minimum absolute atomic E-state index is 0. The number of hydrogen-bond donors (Lipinski definition) is 3. The first-order valence-electron chi connectivity index (χ1n) is 9.10. The van der Waals surface area contributed by atoms with Crippen molar-refractivity contribution in [2.75, 3.05) is 7.11 Å². The molecular weight excluding hydrogens is 468 g/mol. The zero-order valence-corrected chi connectivity index (χ0v) is 20.0. The lowest BCUT2D eigenvalue weighted by Crippen LogP contribution is -2.34. The quantitative estimate of drug-likeness (QED) is 0.467. The maximum Gasteiger partial charge on any atom is 0.126 e. The standard InChI is InChI=1S/C12H17F2NOS.C8H9F2N.CH4O.CH4.ClH/c1-8(15-17(16)12(2,3)4)9-5-10(13)7-11(14)6-9;1-5(11)6-2-7(9)4-8(10)3-6;1-2;;/h5-8,15H,1-4H3;2-5H,11H2,1H3;2H,1H3;1H4;1H/t8-,17+;5-;;;/m00.../s1. The van der Waals surface area contributed by atoms with Gasteiger partial charge in [0.25, 0.3) is 0 Å². The first-order valence-corrected chi connectivity index (χ1v) is 10.2. The highest BCUT2D eigenvalue weighted by atomic mass is 35.5. The van der Waals surface area contributed by atoms with E-state index in [4.69, 9.17) is 10.8 Å². The Morgan fingerprint density at radius 1 is 0.844 bits per heavy atom. The minimum Gasteiger partial charge on any atom is -0.400 e. The van der Waals surface area contributed by atoms with E-state index >= 15 is 0 Å². The zero-order valence-electron chi connectivity index (χ0n) is 18.4. The molecule has 0 saturated heterocycles. The number of hydrogen-bond acceptors (Lipinski definition) is 3. The highest BCUT2D eigenvalue weighted by Crippen LogP contribution is 2.19. The van der Waals surface area contributed by atoms with Crippen LogP contribution in [-0.2, 0) is 11.0 Å². The van der Waals surface area contributed by atoms with Gasteiger partial charge < -0.3 is 10.8 Å². The van der Waals surface area contributed by atoms with Crippen molar-refractivity contribution in [2.45, 2.75) is 58.9 Å². The topological polar surface area (TPSA) is 75.3 Å². The van der Waals surface area contributed by atoms with Crippen LogP contribution >= 0.6 is 12.4 Å². The summed E-state index contributed by atoms with van der Waals surface area (Å²) in [6.45, 7) is 8.88. The summed E-state index contributed by atoms with van der Waals surface area (Å²) in [7, 11) is -0.276. The van der Waals surface area contributed by atoms with Gasteiger partial charge in [0, 0.05) is 31.3 Å². The smallest absolute Gasteiger partial charge is 0.126 e. The predicted molar refractivity (Wildman–Crippen MR) is 127 cm³/mol. The van der Waals surface area contributed by atoms with Crippen molar-refractivity contribution in [1.82, 2.24) is 4.72 Å². The first-order chi connectivity index (χ1) is 13.8. The molecule has 3 atom stereocenters. The Morgan fingerprint density at radius 2 is 1.16 bits per heavy atom. The summed E-state index contributed by atoms with van der Waals surface area (Å²) >= 11 is 0. The van der Waals surface area contributed by atoms with E-state index in [2.05, 4.69) is 4.72 Å². The van der Waals surface area contributed by atoms with Gasteiger partial charge in [0.05, 0.1) is 15.7 Å². The van der Waals surface area contributed by atoms with Gasteiger partial charge in [0.2, 0.25) is 0 Å². The third-order valence-corrected chi connectivity index (χ3v) is 5.32. The Labute approximate surface area is 197 Å². The molecule has 0 heterocycles. The molecule has 0 aliphatic carbocycles. The van der Waals surface area contributed by atoms with E-state index in [-0.39, 0.29) is 31.9 Å². The highest BCUT2D eigenvalue weighted by Gasteiger charge is 2.22. The number of halogens is 5. The second kappa shape index (κ2) is 16.1. The van der Waals surface area contributed by atoms with E-state index < -0.39 is 39.0 Å².